The second-order valence-corrected chi connectivity index (χ2v) is 6.97. The molecule has 5 nitrogen and oxygen atoms in total. The number of aliphatic hydroxyl groups is 1. The van der Waals surface area contributed by atoms with Gasteiger partial charge in [0.15, 0.2) is 0 Å². The molecule has 1 fully saturated rings. The van der Waals surface area contributed by atoms with Gasteiger partial charge in [-0.1, -0.05) is 6.07 Å². The molecule has 1 aromatic carbocycles. The van der Waals surface area contributed by atoms with E-state index >= 15 is 0 Å². The molecule has 0 spiro atoms. The molecule has 0 bridgehead atoms. The summed E-state index contributed by atoms with van der Waals surface area (Å²) in [4.78, 5) is 0.191. The predicted octanol–water partition coefficient (Wildman–Crippen LogP) is 1.40. The Labute approximate surface area is 121 Å². The molecule has 1 aliphatic heterocycles. The number of aliphatic hydroxyl groups excluding tert-OH is 1. The van der Waals surface area contributed by atoms with Crippen LogP contribution in [0.1, 0.15) is 18.4 Å². The minimum atomic E-state index is -3.55. The Morgan fingerprint density at radius 1 is 1.37 bits per heavy atom. The van der Waals surface area contributed by atoms with Crippen molar-refractivity contribution in [3.63, 3.8) is 0 Å². The first-order chi connectivity index (χ1) is 9.03. The molecule has 1 aliphatic rings. The van der Waals surface area contributed by atoms with Crippen LogP contribution in [0.3, 0.4) is 0 Å². The zero-order valence-electron chi connectivity index (χ0n) is 10.3. The van der Waals surface area contributed by atoms with Gasteiger partial charge in [0, 0.05) is 23.7 Å². The van der Waals surface area contributed by atoms with Crippen LogP contribution >= 0.6 is 15.9 Å². The van der Waals surface area contributed by atoms with Crippen LogP contribution in [0.25, 0.3) is 0 Å². The van der Waals surface area contributed by atoms with Crippen molar-refractivity contribution in [3.8, 4) is 0 Å². The zero-order valence-corrected chi connectivity index (χ0v) is 12.7. The molecule has 7 heteroatoms. The number of nitrogens with one attached hydrogen (secondary N) is 1. The molecule has 0 amide bonds. The van der Waals surface area contributed by atoms with Crippen LogP contribution in [0, 0.1) is 0 Å². The highest BCUT2D eigenvalue weighted by atomic mass is 79.9. The summed E-state index contributed by atoms with van der Waals surface area (Å²) in [7, 11) is -3.55. The van der Waals surface area contributed by atoms with Crippen molar-refractivity contribution in [2.75, 3.05) is 13.2 Å². The van der Waals surface area contributed by atoms with Crippen LogP contribution in [0.5, 0.6) is 0 Å². The van der Waals surface area contributed by atoms with Crippen molar-refractivity contribution in [2.45, 2.75) is 30.4 Å². The number of hydrogen-bond acceptors (Lipinski definition) is 4. The number of rotatable bonds is 4. The third-order valence-electron chi connectivity index (χ3n) is 3.01. The molecule has 0 atom stereocenters. The molecule has 0 saturated carbocycles. The SMILES string of the molecule is O=S(=O)(NC1CCOCC1)c1ccc(CO)cc1Br. The van der Waals surface area contributed by atoms with E-state index in [0.29, 0.717) is 36.1 Å². The highest BCUT2D eigenvalue weighted by Crippen LogP contribution is 2.24. The van der Waals surface area contributed by atoms with Gasteiger partial charge in [-0.3, -0.25) is 0 Å². The Morgan fingerprint density at radius 3 is 2.63 bits per heavy atom. The lowest BCUT2D eigenvalue weighted by molar-refractivity contribution is 0.0832. The maximum absolute atomic E-state index is 12.3. The number of halogens is 1. The summed E-state index contributed by atoms with van der Waals surface area (Å²) >= 11 is 3.23. The molecule has 0 radical (unpaired) electrons. The fourth-order valence-electron chi connectivity index (χ4n) is 1.96. The van der Waals surface area contributed by atoms with Crippen LogP contribution in [0.4, 0.5) is 0 Å². The molecule has 106 valence electrons. The van der Waals surface area contributed by atoms with Crippen molar-refractivity contribution in [2.24, 2.45) is 0 Å². The molecule has 1 saturated heterocycles. The molecule has 2 rings (SSSR count). The van der Waals surface area contributed by atoms with Crippen LogP contribution < -0.4 is 4.72 Å². The van der Waals surface area contributed by atoms with Crippen LogP contribution in [-0.4, -0.2) is 32.8 Å². The second-order valence-electron chi connectivity index (χ2n) is 4.43. The Balaban J connectivity index is 2.18. The van der Waals surface area contributed by atoms with Gasteiger partial charge in [0.2, 0.25) is 10.0 Å². The molecule has 1 aromatic rings. The van der Waals surface area contributed by atoms with E-state index in [1.165, 1.54) is 6.07 Å². The summed E-state index contributed by atoms with van der Waals surface area (Å²) in [5.41, 5.74) is 0.664. The summed E-state index contributed by atoms with van der Waals surface area (Å²) in [5.74, 6) is 0. The van der Waals surface area contributed by atoms with Gasteiger partial charge >= 0.3 is 0 Å². The highest BCUT2D eigenvalue weighted by molar-refractivity contribution is 9.10. The van der Waals surface area contributed by atoms with E-state index < -0.39 is 10.0 Å². The first-order valence-corrected chi connectivity index (χ1v) is 8.30. The van der Waals surface area contributed by atoms with E-state index in [1.54, 1.807) is 12.1 Å². The lowest BCUT2D eigenvalue weighted by Gasteiger charge is -2.23. The fourth-order valence-corrected chi connectivity index (χ4v) is 4.39. The Bertz CT molecular complexity index is 541. The van der Waals surface area contributed by atoms with Gasteiger partial charge in [-0.25, -0.2) is 13.1 Å². The molecule has 1 heterocycles. The number of sulfonamides is 1. The first-order valence-electron chi connectivity index (χ1n) is 6.02. The van der Waals surface area contributed by atoms with Gasteiger partial charge in [0.25, 0.3) is 0 Å². The van der Waals surface area contributed by atoms with Gasteiger partial charge < -0.3 is 9.84 Å². The van der Waals surface area contributed by atoms with E-state index in [9.17, 15) is 8.42 Å². The molecule has 0 unspecified atom stereocenters. The molecular formula is C12H16BrNO4S. The van der Waals surface area contributed by atoms with E-state index in [-0.39, 0.29) is 17.5 Å². The molecule has 19 heavy (non-hydrogen) atoms. The fraction of sp³-hybridized carbons (Fsp3) is 0.500. The van der Waals surface area contributed by atoms with Crippen LogP contribution in [-0.2, 0) is 21.4 Å². The summed E-state index contributed by atoms with van der Waals surface area (Å²) in [5, 5.41) is 9.02. The van der Waals surface area contributed by atoms with Gasteiger partial charge in [-0.15, -0.1) is 0 Å². The Morgan fingerprint density at radius 2 is 2.05 bits per heavy atom. The standard InChI is InChI=1S/C12H16BrNO4S/c13-11-7-9(8-15)1-2-12(11)19(16,17)14-10-3-5-18-6-4-10/h1-2,7,10,14-15H,3-6,8H2. The predicted molar refractivity (Wildman–Crippen MR) is 74.2 cm³/mol. The summed E-state index contributed by atoms with van der Waals surface area (Å²) in [6, 6.07) is 4.63. The average molecular weight is 350 g/mol. The van der Waals surface area contributed by atoms with E-state index in [1.807, 2.05) is 0 Å². The van der Waals surface area contributed by atoms with E-state index in [2.05, 4.69) is 20.7 Å². The smallest absolute Gasteiger partial charge is 0.241 e. The molecule has 2 N–H and O–H groups in total. The maximum atomic E-state index is 12.3. The molecule has 0 aliphatic carbocycles. The summed E-state index contributed by atoms with van der Waals surface area (Å²) in [6.07, 6.45) is 1.37. The quantitative estimate of drug-likeness (QED) is 0.861. The topological polar surface area (TPSA) is 75.6 Å². The third-order valence-corrected chi connectivity index (χ3v) is 5.51. The van der Waals surface area contributed by atoms with Crippen molar-refractivity contribution in [3.05, 3.63) is 28.2 Å². The highest BCUT2D eigenvalue weighted by Gasteiger charge is 2.23. The van der Waals surface area contributed by atoms with Gasteiger partial charge in [-0.05, 0) is 46.5 Å². The Kier molecular flexibility index (Phi) is 4.97. The van der Waals surface area contributed by atoms with E-state index in [0.717, 1.165) is 0 Å². The minimum Gasteiger partial charge on any atom is -0.392 e. The van der Waals surface area contributed by atoms with Crippen LogP contribution in [0.2, 0.25) is 0 Å². The monoisotopic (exact) mass is 349 g/mol. The number of ether oxygens (including phenoxy) is 1. The van der Waals surface area contributed by atoms with Gasteiger partial charge in [-0.2, -0.15) is 0 Å². The van der Waals surface area contributed by atoms with E-state index in [4.69, 9.17) is 9.84 Å². The normalized spacial score (nSPS) is 17.6. The summed E-state index contributed by atoms with van der Waals surface area (Å²) < 4.78 is 32.9. The largest absolute Gasteiger partial charge is 0.392 e. The van der Waals surface area contributed by atoms with Crippen molar-refractivity contribution in [1.82, 2.24) is 4.72 Å². The second kappa shape index (κ2) is 6.32. The number of hydrogen-bond donors (Lipinski definition) is 2. The van der Waals surface area contributed by atoms with Gasteiger partial charge in [0.1, 0.15) is 0 Å². The summed E-state index contributed by atoms with van der Waals surface area (Å²) in [6.45, 7) is 1.04. The zero-order chi connectivity index (χ0) is 13.9. The maximum Gasteiger partial charge on any atom is 0.241 e. The average Bonchev–Trinajstić information content (AvgIpc) is 2.38. The molecule has 0 aromatic heterocycles. The molecular weight excluding hydrogens is 334 g/mol. The Hall–Kier alpha value is -0.470. The number of benzene rings is 1. The third kappa shape index (κ3) is 3.76. The van der Waals surface area contributed by atoms with Crippen molar-refractivity contribution in [1.29, 1.82) is 0 Å². The van der Waals surface area contributed by atoms with Crippen LogP contribution in [0.15, 0.2) is 27.6 Å². The van der Waals surface area contributed by atoms with Crippen molar-refractivity contribution < 1.29 is 18.3 Å². The lowest BCUT2D eigenvalue weighted by Crippen LogP contribution is -2.38. The van der Waals surface area contributed by atoms with Crippen molar-refractivity contribution >= 4 is 26.0 Å². The lowest BCUT2D eigenvalue weighted by atomic mass is 10.1. The first kappa shape index (κ1) is 14.9. The van der Waals surface area contributed by atoms with Gasteiger partial charge in [0.05, 0.1) is 11.5 Å². The minimum absolute atomic E-state index is 0.0804.